The Balaban J connectivity index is 1.60. The number of aliphatic imine (C=N–C) groups is 1. The summed E-state index contributed by atoms with van der Waals surface area (Å²) < 4.78 is 0. The topological polar surface area (TPSA) is 49.7 Å². The first-order valence-electron chi connectivity index (χ1n) is 9.84. The summed E-state index contributed by atoms with van der Waals surface area (Å²) in [5, 5.41) is 2.94. The van der Waals surface area contributed by atoms with Gasteiger partial charge in [0.05, 0.1) is 17.1 Å². The number of carbonyl (C=O) groups is 2. The molecule has 29 heavy (non-hydrogen) atoms. The zero-order valence-electron chi connectivity index (χ0n) is 15.9. The Kier molecular flexibility index (Phi) is 4.89. The molecule has 3 aromatic rings. The number of thiophene rings is 2. The second kappa shape index (κ2) is 7.69. The molecule has 5 rings (SSSR count). The lowest BCUT2D eigenvalue weighted by Crippen LogP contribution is -2.36. The van der Waals surface area contributed by atoms with Crippen molar-refractivity contribution in [1.29, 1.82) is 0 Å². The standard InChI is InChI=1S/C23H20N2O2S2/c26-17(15-7-2-1-3-8-15)14-25-20(27)13-24-22(19-11-6-12-28-19)21-16-9-4-5-10-18(16)29-23(21)25/h1-3,6-8,11-12H,4-5,9-10,13-14H2. The predicted molar refractivity (Wildman–Crippen MR) is 119 cm³/mol. The third-order valence-corrected chi connectivity index (χ3v) is 7.65. The second-order valence-corrected chi connectivity index (χ2v) is 9.33. The molecule has 0 atom stereocenters. The van der Waals surface area contributed by atoms with Crippen molar-refractivity contribution in [3.8, 4) is 0 Å². The minimum absolute atomic E-state index is 0.0455. The van der Waals surface area contributed by atoms with E-state index in [1.165, 1.54) is 16.9 Å². The fourth-order valence-corrected chi connectivity index (χ4v) is 6.19. The Bertz CT molecular complexity index is 1100. The minimum atomic E-state index is -0.110. The molecule has 3 heterocycles. The fraction of sp³-hybridized carbons (Fsp3) is 0.261. The first kappa shape index (κ1) is 18.5. The number of Topliss-reactive ketones (excluding diaryl/α,β-unsaturated/α-hetero) is 1. The summed E-state index contributed by atoms with van der Waals surface area (Å²) in [6.07, 6.45) is 4.39. The van der Waals surface area contributed by atoms with Crippen molar-refractivity contribution in [3.63, 3.8) is 0 Å². The van der Waals surface area contributed by atoms with E-state index >= 15 is 0 Å². The zero-order chi connectivity index (χ0) is 19.8. The second-order valence-electron chi connectivity index (χ2n) is 7.30. The normalized spacial score (nSPS) is 16.1. The maximum Gasteiger partial charge on any atom is 0.249 e. The molecule has 0 saturated heterocycles. The van der Waals surface area contributed by atoms with Crippen LogP contribution in [0.15, 0.2) is 52.8 Å². The summed E-state index contributed by atoms with van der Waals surface area (Å²) in [5.74, 6) is -0.156. The first-order chi connectivity index (χ1) is 14.2. The van der Waals surface area contributed by atoms with Gasteiger partial charge in [-0.3, -0.25) is 19.5 Å². The van der Waals surface area contributed by atoms with Crippen LogP contribution in [0.3, 0.4) is 0 Å². The Morgan fingerprint density at radius 3 is 2.69 bits per heavy atom. The third kappa shape index (κ3) is 3.36. The largest absolute Gasteiger partial charge is 0.294 e. The molecule has 1 amide bonds. The number of rotatable bonds is 4. The summed E-state index contributed by atoms with van der Waals surface area (Å²) >= 11 is 3.32. The van der Waals surface area contributed by atoms with E-state index in [0.717, 1.165) is 40.4 Å². The summed E-state index contributed by atoms with van der Waals surface area (Å²) in [6, 6.07) is 13.3. The summed E-state index contributed by atoms with van der Waals surface area (Å²) in [7, 11) is 0. The highest BCUT2D eigenvalue weighted by Gasteiger charge is 2.33. The maximum atomic E-state index is 13.0. The molecule has 0 radical (unpaired) electrons. The summed E-state index contributed by atoms with van der Waals surface area (Å²) in [4.78, 5) is 34.8. The summed E-state index contributed by atoms with van der Waals surface area (Å²) in [6.45, 7) is 0.133. The van der Waals surface area contributed by atoms with Crippen molar-refractivity contribution in [2.24, 2.45) is 4.99 Å². The van der Waals surface area contributed by atoms with Gasteiger partial charge >= 0.3 is 0 Å². The predicted octanol–water partition coefficient (Wildman–Crippen LogP) is 4.76. The molecule has 0 saturated carbocycles. The number of ketones is 1. The van der Waals surface area contributed by atoms with Crippen molar-refractivity contribution >= 4 is 45.1 Å². The van der Waals surface area contributed by atoms with Gasteiger partial charge in [-0.15, -0.1) is 22.7 Å². The minimum Gasteiger partial charge on any atom is -0.294 e. The number of anilines is 1. The van der Waals surface area contributed by atoms with E-state index in [0.29, 0.717) is 5.56 Å². The van der Waals surface area contributed by atoms with E-state index in [-0.39, 0.29) is 24.8 Å². The van der Waals surface area contributed by atoms with E-state index in [4.69, 9.17) is 4.99 Å². The van der Waals surface area contributed by atoms with E-state index < -0.39 is 0 Å². The van der Waals surface area contributed by atoms with Crippen LogP contribution >= 0.6 is 22.7 Å². The number of hydrogen-bond donors (Lipinski definition) is 0. The fourth-order valence-electron chi connectivity index (χ4n) is 4.04. The van der Waals surface area contributed by atoms with Gasteiger partial charge in [-0.1, -0.05) is 36.4 Å². The van der Waals surface area contributed by atoms with Crippen LogP contribution < -0.4 is 4.90 Å². The van der Waals surface area contributed by atoms with E-state index in [1.54, 1.807) is 39.7 Å². The monoisotopic (exact) mass is 420 g/mol. The lowest BCUT2D eigenvalue weighted by atomic mass is 9.93. The molecule has 1 aliphatic heterocycles. The Morgan fingerprint density at radius 1 is 1.07 bits per heavy atom. The molecular weight excluding hydrogens is 400 g/mol. The van der Waals surface area contributed by atoms with Gasteiger partial charge in [0.15, 0.2) is 5.78 Å². The van der Waals surface area contributed by atoms with Crippen LogP contribution in [0, 0.1) is 0 Å². The first-order valence-corrected chi connectivity index (χ1v) is 11.5. The van der Waals surface area contributed by atoms with E-state index in [1.807, 2.05) is 29.6 Å². The quantitative estimate of drug-likeness (QED) is 0.572. The number of hydrogen-bond acceptors (Lipinski definition) is 5. The average Bonchev–Trinajstić information content (AvgIpc) is 3.39. The van der Waals surface area contributed by atoms with Crippen LogP contribution in [0.1, 0.15) is 44.1 Å². The van der Waals surface area contributed by atoms with Gasteiger partial charge in [0.1, 0.15) is 11.5 Å². The number of amides is 1. The highest BCUT2D eigenvalue weighted by molar-refractivity contribution is 7.17. The van der Waals surface area contributed by atoms with Gasteiger partial charge in [0.2, 0.25) is 5.91 Å². The lowest BCUT2D eigenvalue weighted by Gasteiger charge is -2.20. The van der Waals surface area contributed by atoms with Crippen molar-refractivity contribution in [1.82, 2.24) is 0 Å². The average molecular weight is 421 g/mol. The molecule has 0 unspecified atom stereocenters. The van der Waals surface area contributed by atoms with Crippen LogP contribution in [0.25, 0.3) is 0 Å². The van der Waals surface area contributed by atoms with Crippen LogP contribution in [0.5, 0.6) is 0 Å². The number of benzene rings is 1. The van der Waals surface area contributed by atoms with Crippen molar-refractivity contribution in [2.45, 2.75) is 25.7 Å². The molecule has 2 aliphatic rings. The molecule has 1 aromatic carbocycles. The highest BCUT2D eigenvalue weighted by atomic mass is 32.1. The highest BCUT2D eigenvalue weighted by Crippen LogP contribution is 2.43. The Labute approximate surface area is 177 Å². The molecule has 146 valence electrons. The molecular formula is C23H20N2O2S2. The van der Waals surface area contributed by atoms with Gasteiger partial charge in [0.25, 0.3) is 0 Å². The van der Waals surface area contributed by atoms with Gasteiger partial charge in [-0.05, 0) is 42.7 Å². The zero-order valence-corrected chi connectivity index (χ0v) is 17.5. The number of fused-ring (bicyclic) bond motifs is 3. The molecule has 0 bridgehead atoms. The van der Waals surface area contributed by atoms with E-state index in [2.05, 4.69) is 6.07 Å². The molecule has 0 fully saturated rings. The Morgan fingerprint density at radius 2 is 1.90 bits per heavy atom. The molecule has 2 aromatic heterocycles. The third-order valence-electron chi connectivity index (χ3n) is 5.46. The smallest absolute Gasteiger partial charge is 0.249 e. The van der Waals surface area contributed by atoms with Crippen molar-refractivity contribution < 1.29 is 9.59 Å². The van der Waals surface area contributed by atoms with Crippen LogP contribution in [-0.4, -0.2) is 30.5 Å². The number of carbonyl (C=O) groups excluding carboxylic acids is 2. The van der Waals surface area contributed by atoms with Crippen molar-refractivity contribution in [3.05, 3.63) is 74.3 Å². The SMILES string of the molecule is O=C(CN1C(=O)CN=C(c2cccs2)c2c1sc1c2CCCC1)c1ccccc1. The molecule has 4 nitrogen and oxygen atoms in total. The molecule has 6 heteroatoms. The van der Waals surface area contributed by atoms with E-state index in [9.17, 15) is 9.59 Å². The van der Waals surface area contributed by atoms with Gasteiger partial charge in [-0.2, -0.15) is 0 Å². The molecule has 0 N–H and O–H groups in total. The van der Waals surface area contributed by atoms with Crippen LogP contribution in [0.4, 0.5) is 5.00 Å². The summed E-state index contributed by atoms with van der Waals surface area (Å²) in [5.41, 5.74) is 3.96. The Hall–Kier alpha value is -2.57. The molecule has 0 spiro atoms. The van der Waals surface area contributed by atoms with Crippen molar-refractivity contribution in [2.75, 3.05) is 18.0 Å². The number of aryl methyl sites for hydroxylation is 1. The van der Waals surface area contributed by atoms with Gasteiger partial charge in [-0.25, -0.2) is 0 Å². The molecule has 1 aliphatic carbocycles. The van der Waals surface area contributed by atoms with Gasteiger partial charge in [0, 0.05) is 16.0 Å². The number of nitrogens with zero attached hydrogens (tertiary/aromatic N) is 2. The van der Waals surface area contributed by atoms with Crippen LogP contribution in [0.2, 0.25) is 0 Å². The van der Waals surface area contributed by atoms with Crippen LogP contribution in [-0.2, 0) is 17.6 Å². The van der Waals surface area contributed by atoms with Gasteiger partial charge < -0.3 is 0 Å². The lowest BCUT2D eigenvalue weighted by molar-refractivity contribution is -0.117. The maximum absolute atomic E-state index is 13.0.